The maximum Gasteiger partial charge on any atom is 0.327 e. The summed E-state index contributed by atoms with van der Waals surface area (Å²) in [5.74, 6) is 0.811. The molecule has 0 fully saturated rings. The maximum atomic E-state index is 12.1. The van der Waals surface area contributed by atoms with Crippen LogP contribution in [0, 0.1) is 0 Å². The van der Waals surface area contributed by atoms with Gasteiger partial charge in [0.1, 0.15) is 11.3 Å². The molecule has 0 atom stereocenters. The number of amides is 1. The number of aromatic nitrogens is 3. The van der Waals surface area contributed by atoms with Gasteiger partial charge in [0.15, 0.2) is 11.4 Å². The van der Waals surface area contributed by atoms with Crippen molar-refractivity contribution in [2.75, 3.05) is 0 Å². The van der Waals surface area contributed by atoms with Crippen LogP contribution in [0.4, 0.5) is 0 Å². The van der Waals surface area contributed by atoms with E-state index in [9.17, 15) is 9.59 Å². The Balaban J connectivity index is 1.93. The van der Waals surface area contributed by atoms with Crippen molar-refractivity contribution in [3.63, 3.8) is 0 Å². The SMILES string of the molecule is CC(C)NC(=O)c1cccc(Oc2ccnc3c2[nH]c(=O)n3C)c1. The summed E-state index contributed by atoms with van der Waals surface area (Å²) >= 11 is 0. The molecule has 0 bridgehead atoms. The van der Waals surface area contributed by atoms with Crippen molar-refractivity contribution in [2.24, 2.45) is 7.05 Å². The lowest BCUT2D eigenvalue weighted by Crippen LogP contribution is -2.29. The molecule has 24 heavy (non-hydrogen) atoms. The third kappa shape index (κ3) is 3.01. The molecule has 124 valence electrons. The first-order valence-corrected chi connectivity index (χ1v) is 7.58. The quantitative estimate of drug-likeness (QED) is 0.769. The van der Waals surface area contributed by atoms with E-state index in [2.05, 4.69) is 15.3 Å². The molecule has 0 saturated heterocycles. The molecule has 7 nitrogen and oxygen atoms in total. The highest BCUT2D eigenvalue weighted by Crippen LogP contribution is 2.27. The van der Waals surface area contributed by atoms with Crippen LogP contribution in [0.3, 0.4) is 0 Å². The van der Waals surface area contributed by atoms with Crippen molar-refractivity contribution >= 4 is 17.1 Å². The molecular formula is C17H18N4O3. The van der Waals surface area contributed by atoms with Crippen LogP contribution >= 0.6 is 0 Å². The van der Waals surface area contributed by atoms with Crippen LogP contribution in [0.2, 0.25) is 0 Å². The first-order valence-electron chi connectivity index (χ1n) is 7.58. The standard InChI is InChI=1S/C17H18N4O3/c1-10(2)19-16(22)11-5-4-6-12(9-11)24-13-7-8-18-15-14(13)20-17(23)21(15)3/h4-10H,1-3H3,(H,19,22)(H,20,23). The van der Waals surface area contributed by atoms with Gasteiger partial charge in [-0.1, -0.05) is 6.07 Å². The second kappa shape index (κ2) is 6.19. The van der Waals surface area contributed by atoms with Gasteiger partial charge in [0.05, 0.1) is 0 Å². The molecule has 0 saturated carbocycles. The number of aromatic amines is 1. The van der Waals surface area contributed by atoms with Gasteiger partial charge in [-0.25, -0.2) is 9.78 Å². The fourth-order valence-electron chi connectivity index (χ4n) is 2.35. The van der Waals surface area contributed by atoms with Crippen LogP contribution < -0.4 is 15.7 Å². The second-order valence-corrected chi connectivity index (χ2v) is 5.75. The number of pyridine rings is 1. The number of benzene rings is 1. The lowest BCUT2D eigenvalue weighted by molar-refractivity contribution is 0.0943. The van der Waals surface area contributed by atoms with Gasteiger partial charge in [0.2, 0.25) is 0 Å². The van der Waals surface area contributed by atoms with E-state index in [-0.39, 0.29) is 17.6 Å². The Hall–Kier alpha value is -3.09. The number of fused-ring (bicyclic) bond motifs is 1. The maximum absolute atomic E-state index is 12.1. The van der Waals surface area contributed by atoms with Gasteiger partial charge < -0.3 is 15.0 Å². The summed E-state index contributed by atoms with van der Waals surface area (Å²) in [6.45, 7) is 3.80. The van der Waals surface area contributed by atoms with Crippen molar-refractivity contribution in [1.82, 2.24) is 19.9 Å². The Kier molecular flexibility index (Phi) is 4.07. The van der Waals surface area contributed by atoms with Gasteiger partial charge in [0, 0.05) is 30.9 Å². The highest BCUT2D eigenvalue weighted by Gasteiger charge is 2.12. The summed E-state index contributed by atoms with van der Waals surface area (Å²) in [5.41, 5.74) is 1.26. The lowest BCUT2D eigenvalue weighted by Gasteiger charge is -2.10. The number of nitrogens with one attached hydrogen (secondary N) is 2. The van der Waals surface area contributed by atoms with E-state index in [1.807, 2.05) is 13.8 Å². The van der Waals surface area contributed by atoms with E-state index < -0.39 is 0 Å². The van der Waals surface area contributed by atoms with Gasteiger partial charge >= 0.3 is 5.69 Å². The summed E-state index contributed by atoms with van der Waals surface area (Å²) in [4.78, 5) is 30.7. The van der Waals surface area contributed by atoms with Gasteiger partial charge in [-0.3, -0.25) is 9.36 Å². The lowest BCUT2D eigenvalue weighted by atomic mass is 10.2. The number of imidazole rings is 1. The van der Waals surface area contributed by atoms with Gasteiger partial charge in [-0.15, -0.1) is 0 Å². The number of H-pyrrole nitrogens is 1. The molecule has 0 unspecified atom stereocenters. The number of ether oxygens (including phenoxy) is 1. The molecular weight excluding hydrogens is 308 g/mol. The molecule has 0 aliphatic rings. The summed E-state index contributed by atoms with van der Waals surface area (Å²) in [5, 5.41) is 2.84. The molecule has 0 spiro atoms. The number of rotatable bonds is 4. The van der Waals surface area contributed by atoms with Crippen LogP contribution in [-0.2, 0) is 7.05 Å². The summed E-state index contributed by atoms with van der Waals surface area (Å²) in [7, 11) is 1.63. The Morgan fingerprint density at radius 2 is 2.12 bits per heavy atom. The van der Waals surface area contributed by atoms with E-state index in [1.54, 1.807) is 43.6 Å². The molecule has 2 aromatic heterocycles. The topological polar surface area (TPSA) is 89.0 Å². The summed E-state index contributed by atoms with van der Waals surface area (Å²) in [6, 6.07) is 8.59. The highest BCUT2D eigenvalue weighted by molar-refractivity contribution is 5.94. The van der Waals surface area contributed by atoms with Gasteiger partial charge in [-0.05, 0) is 32.0 Å². The molecule has 0 aliphatic carbocycles. The van der Waals surface area contributed by atoms with Crippen molar-refractivity contribution in [3.8, 4) is 11.5 Å². The fraction of sp³-hybridized carbons (Fsp3) is 0.235. The van der Waals surface area contributed by atoms with E-state index in [0.29, 0.717) is 28.2 Å². The second-order valence-electron chi connectivity index (χ2n) is 5.75. The first kappa shape index (κ1) is 15.8. The fourth-order valence-corrected chi connectivity index (χ4v) is 2.35. The van der Waals surface area contributed by atoms with Crippen molar-refractivity contribution < 1.29 is 9.53 Å². The Bertz CT molecular complexity index is 956. The third-order valence-electron chi connectivity index (χ3n) is 3.49. The largest absolute Gasteiger partial charge is 0.455 e. The molecule has 2 N–H and O–H groups in total. The number of carbonyl (C=O) groups is 1. The molecule has 1 amide bonds. The Morgan fingerprint density at radius 1 is 1.33 bits per heavy atom. The van der Waals surface area contributed by atoms with E-state index in [0.717, 1.165) is 0 Å². The molecule has 1 aromatic carbocycles. The average Bonchev–Trinajstić information content (AvgIpc) is 2.83. The summed E-state index contributed by atoms with van der Waals surface area (Å²) < 4.78 is 7.26. The third-order valence-corrected chi connectivity index (χ3v) is 3.49. The predicted octanol–water partition coefficient (Wildman–Crippen LogP) is 2.19. The molecule has 3 rings (SSSR count). The number of hydrogen-bond donors (Lipinski definition) is 2. The minimum absolute atomic E-state index is 0.0521. The molecule has 7 heteroatoms. The summed E-state index contributed by atoms with van der Waals surface area (Å²) in [6.07, 6.45) is 1.57. The van der Waals surface area contributed by atoms with Crippen molar-refractivity contribution in [1.29, 1.82) is 0 Å². The molecule has 2 heterocycles. The van der Waals surface area contributed by atoms with Crippen molar-refractivity contribution in [3.05, 3.63) is 52.6 Å². The van der Waals surface area contributed by atoms with Crippen LogP contribution in [0.25, 0.3) is 11.2 Å². The van der Waals surface area contributed by atoms with Crippen LogP contribution in [0.15, 0.2) is 41.3 Å². The number of hydrogen-bond acceptors (Lipinski definition) is 4. The number of carbonyl (C=O) groups excluding carboxylic acids is 1. The van der Waals surface area contributed by atoms with Crippen LogP contribution in [-0.4, -0.2) is 26.5 Å². The van der Waals surface area contributed by atoms with E-state index in [1.165, 1.54) is 4.57 Å². The van der Waals surface area contributed by atoms with Crippen LogP contribution in [0.5, 0.6) is 11.5 Å². The number of aryl methyl sites for hydroxylation is 1. The predicted molar refractivity (Wildman–Crippen MR) is 90.5 cm³/mol. The van der Waals surface area contributed by atoms with Crippen molar-refractivity contribution in [2.45, 2.75) is 19.9 Å². The molecule has 0 radical (unpaired) electrons. The van der Waals surface area contributed by atoms with Gasteiger partial charge in [-0.2, -0.15) is 0 Å². The molecule has 0 aliphatic heterocycles. The first-order chi connectivity index (χ1) is 11.5. The zero-order valence-corrected chi connectivity index (χ0v) is 13.7. The monoisotopic (exact) mass is 326 g/mol. The van der Waals surface area contributed by atoms with Crippen LogP contribution in [0.1, 0.15) is 24.2 Å². The van der Waals surface area contributed by atoms with E-state index in [4.69, 9.17) is 4.74 Å². The Morgan fingerprint density at radius 3 is 2.88 bits per heavy atom. The number of nitrogens with zero attached hydrogens (tertiary/aromatic N) is 2. The minimum Gasteiger partial charge on any atom is -0.455 e. The highest BCUT2D eigenvalue weighted by atomic mass is 16.5. The minimum atomic E-state index is -0.265. The molecule has 3 aromatic rings. The van der Waals surface area contributed by atoms with Gasteiger partial charge in [0.25, 0.3) is 5.91 Å². The zero-order chi connectivity index (χ0) is 17.3. The Labute approximate surface area is 138 Å². The average molecular weight is 326 g/mol. The van der Waals surface area contributed by atoms with E-state index >= 15 is 0 Å². The smallest absolute Gasteiger partial charge is 0.327 e. The normalized spacial score (nSPS) is 11.0. The zero-order valence-electron chi connectivity index (χ0n) is 13.7.